The van der Waals surface area contributed by atoms with Crippen LogP contribution in [0.25, 0.3) is 0 Å². The normalized spacial score (nSPS) is 20.3. The predicted molar refractivity (Wildman–Crippen MR) is 79.9 cm³/mol. The van der Waals surface area contributed by atoms with Gasteiger partial charge in [-0.15, -0.1) is 0 Å². The number of nitrogens with zero attached hydrogens (tertiary/aromatic N) is 1. The van der Waals surface area contributed by atoms with Crippen molar-refractivity contribution >= 4 is 11.6 Å². The number of carbonyl (C=O) groups is 1. The summed E-state index contributed by atoms with van der Waals surface area (Å²) in [6, 6.07) is 5.98. The maximum atomic E-state index is 12.2. The quantitative estimate of drug-likeness (QED) is 0.658. The first kappa shape index (κ1) is 15.4. The van der Waals surface area contributed by atoms with Crippen LogP contribution in [0.1, 0.15) is 44.2 Å². The van der Waals surface area contributed by atoms with E-state index in [1.807, 2.05) is 6.92 Å². The van der Waals surface area contributed by atoms with Crippen LogP contribution >= 0.6 is 0 Å². The molecule has 21 heavy (non-hydrogen) atoms. The summed E-state index contributed by atoms with van der Waals surface area (Å²) in [6.45, 7) is 2.71. The molecule has 0 aliphatic carbocycles. The van der Waals surface area contributed by atoms with Crippen LogP contribution in [0.15, 0.2) is 24.3 Å². The molecule has 1 aliphatic heterocycles. The van der Waals surface area contributed by atoms with E-state index in [1.165, 1.54) is 12.1 Å². The number of hydrogen-bond donors (Lipinski definition) is 2. The number of carbonyl (C=O) groups excluding carboxylic acids is 1. The van der Waals surface area contributed by atoms with Gasteiger partial charge in [0, 0.05) is 12.1 Å². The van der Waals surface area contributed by atoms with Gasteiger partial charge in [-0.2, -0.15) is 0 Å². The summed E-state index contributed by atoms with van der Waals surface area (Å²) in [5.74, 6) is -0.0316. The van der Waals surface area contributed by atoms with Crippen molar-refractivity contribution < 1.29 is 9.72 Å². The molecule has 0 bridgehead atoms. The molecule has 1 heterocycles. The second-order valence-corrected chi connectivity index (χ2v) is 5.44. The number of nitrogens with one attached hydrogen (secondary N) is 2. The monoisotopic (exact) mass is 291 g/mol. The van der Waals surface area contributed by atoms with E-state index >= 15 is 0 Å². The fraction of sp³-hybridized carbons (Fsp3) is 0.533. The Morgan fingerprint density at radius 3 is 3.00 bits per heavy atom. The summed E-state index contributed by atoms with van der Waals surface area (Å²) in [6.07, 6.45) is 4.14. The van der Waals surface area contributed by atoms with E-state index in [-0.39, 0.29) is 23.7 Å². The van der Waals surface area contributed by atoms with Crippen LogP contribution < -0.4 is 10.6 Å². The Kier molecular flexibility index (Phi) is 5.27. The van der Waals surface area contributed by atoms with Gasteiger partial charge in [0.2, 0.25) is 5.91 Å². The second kappa shape index (κ2) is 7.17. The van der Waals surface area contributed by atoms with Crippen molar-refractivity contribution in [3.05, 3.63) is 39.9 Å². The number of rotatable bonds is 4. The van der Waals surface area contributed by atoms with Crippen molar-refractivity contribution in [1.82, 2.24) is 10.6 Å². The van der Waals surface area contributed by atoms with Crippen molar-refractivity contribution in [2.75, 3.05) is 6.54 Å². The maximum absolute atomic E-state index is 12.2. The molecule has 0 spiro atoms. The fourth-order valence-corrected chi connectivity index (χ4v) is 2.56. The molecule has 2 atom stereocenters. The number of nitro groups is 1. The van der Waals surface area contributed by atoms with Crippen LogP contribution in [0.5, 0.6) is 0 Å². The molecular weight excluding hydrogens is 270 g/mol. The van der Waals surface area contributed by atoms with Gasteiger partial charge in [0.25, 0.3) is 5.69 Å². The lowest BCUT2D eigenvalue weighted by molar-refractivity contribution is -0.384. The summed E-state index contributed by atoms with van der Waals surface area (Å²) in [5.41, 5.74) is 0.785. The number of amides is 1. The highest BCUT2D eigenvalue weighted by Gasteiger charge is 2.21. The Balaban J connectivity index is 1.99. The summed E-state index contributed by atoms with van der Waals surface area (Å²) < 4.78 is 0. The van der Waals surface area contributed by atoms with E-state index in [2.05, 4.69) is 10.6 Å². The zero-order valence-corrected chi connectivity index (χ0v) is 12.2. The van der Waals surface area contributed by atoms with Crippen LogP contribution in [0.4, 0.5) is 5.69 Å². The van der Waals surface area contributed by atoms with Crippen LogP contribution in [0.2, 0.25) is 0 Å². The zero-order chi connectivity index (χ0) is 15.2. The van der Waals surface area contributed by atoms with Gasteiger partial charge in [-0.25, -0.2) is 0 Å². The van der Waals surface area contributed by atoms with Crippen LogP contribution in [0, 0.1) is 10.1 Å². The molecule has 2 rings (SSSR count). The van der Waals surface area contributed by atoms with E-state index in [1.54, 1.807) is 12.1 Å². The van der Waals surface area contributed by atoms with Gasteiger partial charge in [0.05, 0.1) is 17.0 Å². The molecule has 1 aromatic rings. The Morgan fingerprint density at radius 2 is 2.24 bits per heavy atom. The van der Waals surface area contributed by atoms with E-state index in [9.17, 15) is 14.9 Å². The van der Waals surface area contributed by atoms with E-state index in [0.717, 1.165) is 37.8 Å². The highest BCUT2D eigenvalue weighted by molar-refractivity contribution is 5.82. The Morgan fingerprint density at radius 1 is 1.43 bits per heavy atom. The summed E-state index contributed by atoms with van der Waals surface area (Å²) in [7, 11) is 0. The van der Waals surface area contributed by atoms with Crippen LogP contribution in [-0.2, 0) is 4.79 Å². The highest BCUT2D eigenvalue weighted by atomic mass is 16.6. The minimum Gasteiger partial charge on any atom is -0.348 e. The highest BCUT2D eigenvalue weighted by Crippen LogP contribution is 2.19. The molecule has 114 valence electrons. The summed E-state index contributed by atoms with van der Waals surface area (Å²) in [5, 5.41) is 17.0. The van der Waals surface area contributed by atoms with Gasteiger partial charge in [0.1, 0.15) is 0 Å². The first-order valence-corrected chi connectivity index (χ1v) is 7.36. The first-order chi connectivity index (χ1) is 10.1. The first-order valence-electron chi connectivity index (χ1n) is 7.36. The molecule has 1 aliphatic rings. The minimum absolute atomic E-state index is 0.0316. The average Bonchev–Trinajstić information content (AvgIpc) is 2.76. The van der Waals surface area contributed by atoms with Crippen molar-refractivity contribution in [2.24, 2.45) is 0 Å². The maximum Gasteiger partial charge on any atom is 0.269 e. The molecule has 1 fully saturated rings. The van der Waals surface area contributed by atoms with E-state index in [0.29, 0.717) is 0 Å². The number of non-ortho nitro benzene ring substituents is 1. The molecule has 0 aromatic heterocycles. The van der Waals surface area contributed by atoms with Gasteiger partial charge in [0.15, 0.2) is 0 Å². The zero-order valence-electron chi connectivity index (χ0n) is 12.2. The fourth-order valence-electron chi connectivity index (χ4n) is 2.56. The molecule has 2 unspecified atom stereocenters. The lowest BCUT2D eigenvalue weighted by Crippen LogP contribution is -2.44. The lowest BCUT2D eigenvalue weighted by Gasteiger charge is -2.20. The largest absolute Gasteiger partial charge is 0.348 e. The predicted octanol–water partition coefficient (Wildman–Crippen LogP) is 2.30. The van der Waals surface area contributed by atoms with Gasteiger partial charge >= 0.3 is 0 Å². The average molecular weight is 291 g/mol. The molecule has 0 saturated carbocycles. The molecule has 1 aromatic carbocycles. The summed E-state index contributed by atoms with van der Waals surface area (Å²) in [4.78, 5) is 22.6. The third-order valence-electron chi connectivity index (χ3n) is 3.82. The number of nitro benzene ring substituents is 1. The summed E-state index contributed by atoms with van der Waals surface area (Å²) >= 11 is 0. The molecule has 6 nitrogen and oxygen atoms in total. The Labute approximate surface area is 124 Å². The van der Waals surface area contributed by atoms with E-state index in [4.69, 9.17) is 0 Å². The molecule has 0 radical (unpaired) electrons. The third kappa shape index (κ3) is 4.26. The number of hydrogen-bond acceptors (Lipinski definition) is 4. The Bertz CT molecular complexity index is 511. The van der Waals surface area contributed by atoms with Crippen molar-refractivity contribution in [1.29, 1.82) is 0 Å². The SMILES string of the molecule is CC(NC(=O)C1CCCCCN1)c1cccc([N+](=O)[O-])c1. The van der Waals surface area contributed by atoms with Crippen LogP contribution in [0.3, 0.4) is 0 Å². The van der Waals surface area contributed by atoms with Crippen molar-refractivity contribution in [2.45, 2.75) is 44.7 Å². The minimum atomic E-state index is -0.426. The number of benzene rings is 1. The smallest absolute Gasteiger partial charge is 0.269 e. The van der Waals surface area contributed by atoms with Gasteiger partial charge in [-0.05, 0) is 31.9 Å². The molecule has 6 heteroatoms. The molecule has 1 saturated heterocycles. The Hall–Kier alpha value is -1.95. The van der Waals surface area contributed by atoms with Gasteiger partial charge in [-0.1, -0.05) is 25.0 Å². The third-order valence-corrected chi connectivity index (χ3v) is 3.82. The second-order valence-electron chi connectivity index (χ2n) is 5.44. The van der Waals surface area contributed by atoms with Gasteiger partial charge < -0.3 is 10.6 Å². The van der Waals surface area contributed by atoms with Crippen LogP contribution in [-0.4, -0.2) is 23.4 Å². The molecule has 2 N–H and O–H groups in total. The standard InChI is InChI=1S/C15H21N3O3/c1-11(12-6-5-7-13(10-12)18(20)21)17-15(19)14-8-3-2-4-9-16-14/h5-7,10-11,14,16H,2-4,8-9H2,1H3,(H,17,19). The van der Waals surface area contributed by atoms with Crippen molar-refractivity contribution in [3.63, 3.8) is 0 Å². The lowest BCUT2D eigenvalue weighted by atomic mass is 10.1. The van der Waals surface area contributed by atoms with E-state index < -0.39 is 4.92 Å². The topological polar surface area (TPSA) is 84.3 Å². The molecule has 1 amide bonds. The van der Waals surface area contributed by atoms with Crippen molar-refractivity contribution in [3.8, 4) is 0 Å². The van der Waals surface area contributed by atoms with Gasteiger partial charge in [-0.3, -0.25) is 14.9 Å². The molecular formula is C15H21N3O3.